The van der Waals surface area contributed by atoms with Crippen LogP contribution < -0.4 is 4.90 Å². The van der Waals surface area contributed by atoms with Crippen LogP contribution in [0.4, 0.5) is 38.0 Å². The summed E-state index contributed by atoms with van der Waals surface area (Å²) in [4.78, 5) is 11.6. The minimum atomic E-state index is -4.63. The molecule has 5 rings (SSSR count). The summed E-state index contributed by atoms with van der Waals surface area (Å²) in [5, 5.41) is 7.45. The second-order valence-electron chi connectivity index (χ2n) is 11.3. The summed E-state index contributed by atoms with van der Waals surface area (Å²) >= 11 is 0. The van der Waals surface area contributed by atoms with Gasteiger partial charge in [-0.2, -0.15) is 36.5 Å². The average Bonchev–Trinajstić information content (AvgIpc) is 3.76. The Kier molecular flexibility index (Phi) is 10.0. The van der Waals surface area contributed by atoms with Crippen LogP contribution >= 0.6 is 0 Å². The third-order valence-electron chi connectivity index (χ3n) is 8.00. The van der Waals surface area contributed by atoms with Crippen molar-refractivity contribution in [1.29, 1.82) is 0 Å². The minimum Gasteiger partial charge on any atom is -0.300 e. The summed E-state index contributed by atoms with van der Waals surface area (Å²) in [5.41, 5.74) is -1.84. The van der Waals surface area contributed by atoms with Gasteiger partial charge in [0.15, 0.2) is 23.0 Å². The first-order valence-corrected chi connectivity index (χ1v) is 15.5. The van der Waals surface area contributed by atoms with Crippen LogP contribution in [-0.4, -0.2) is 29.5 Å². The van der Waals surface area contributed by atoms with Crippen LogP contribution in [0.25, 0.3) is 11.6 Å². The van der Waals surface area contributed by atoms with Crippen molar-refractivity contribution in [3.63, 3.8) is 0 Å². The average molecular weight is 656 g/mol. The predicted octanol–water partition coefficient (Wildman–Crippen LogP) is 9.69. The molecule has 13 heteroatoms. The number of anilines is 2. The Bertz CT molecular complexity index is 1650. The lowest BCUT2D eigenvalue weighted by atomic mass is 9.78. The third-order valence-corrected chi connectivity index (χ3v) is 8.00. The fourth-order valence-electron chi connectivity index (χ4n) is 5.74. The first kappa shape index (κ1) is 33.7. The van der Waals surface area contributed by atoms with Gasteiger partial charge in [-0.1, -0.05) is 88.4 Å². The van der Waals surface area contributed by atoms with Crippen LogP contribution in [0.15, 0.2) is 91.3 Å². The molecule has 0 bridgehead atoms. The van der Waals surface area contributed by atoms with E-state index in [1.54, 1.807) is 36.4 Å². The lowest BCUT2D eigenvalue weighted by molar-refractivity contribution is -0.142. The molecule has 0 radical (unpaired) electrons. The first-order valence-electron chi connectivity index (χ1n) is 15.5. The molecule has 248 valence electrons. The lowest BCUT2D eigenvalue weighted by Crippen LogP contribution is -2.45. The molecule has 47 heavy (non-hydrogen) atoms. The van der Waals surface area contributed by atoms with Crippen LogP contribution in [0.3, 0.4) is 0 Å². The van der Waals surface area contributed by atoms with Crippen LogP contribution in [0.1, 0.15) is 75.7 Å². The summed E-state index contributed by atoms with van der Waals surface area (Å²) in [6.45, 7) is 4.21. The summed E-state index contributed by atoms with van der Waals surface area (Å²) in [7, 11) is 0. The number of nitrogens with zero attached hydrogens (tertiary/aromatic N) is 7. The SMILES string of the molecule is CCCCCC(CCCC)(c1ccccc1)N(c1cccc(-n2ccc(C(F)(F)F)n2)n1)c1cccc(-n2ccc(C(F)(F)F)n2)n1. The highest BCUT2D eigenvalue weighted by molar-refractivity contribution is 5.63. The Labute approximate surface area is 268 Å². The van der Waals surface area contributed by atoms with Crippen LogP contribution in [-0.2, 0) is 17.9 Å². The van der Waals surface area contributed by atoms with Gasteiger partial charge in [0.05, 0.1) is 5.54 Å². The normalized spacial score (nSPS) is 13.4. The summed E-state index contributed by atoms with van der Waals surface area (Å²) < 4.78 is 82.7. The molecular formula is C34H35F6N7. The molecule has 4 heterocycles. The standard InChI is InChI=1S/C34H35F6N7/c1-3-5-10-22-32(21-6-4-2,25-13-8-7-9-14-25)47(30-17-11-15-28(41-30)45-23-19-26(43-45)33(35,36)37)31-18-12-16-29(42-31)46-24-20-27(44-46)34(38,39)40/h7-9,11-20,23-24H,3-6,10,21-22H2,1-2H3. The molecule has 0 saturated heterocycles. The fourth-order valence-corrected chi connectivity index (χ4v) is 5.74. The van der Waals surface area contributed by atoms with E-state index in [9.17, 15) is 26.3 Å². The van der Waals surface area contributed by atoms with E-state index in [4.69, 9.17) is 9.97 Å². The van der Waals surface area contributed by atoms with Gasteiger partial charge in [-0.3, -0.25) is 0 Å². The smallest absolute Gasteiger partial charge is 0.300 e. The number of pyridine rings is 2. The van der Waals surface area contributed by atoms with Gasteiger partial charge in [-0.15, -0.1) is 0 Å². The highest BCUT2D eigenvalue weighted by atomic mass is 19.4. The van der Waals surface area contributed by atoms with Gasteiger partial charge in [-0.25, -0.2) is 19.3 Å². The quantitative estimate of drug-likeness (QED) is 0.0934. The van der Waals surface area contributed by atoms with Crippen molar-refractivity contribution in [2.45, 2.75) is 76.7 Å². The number of hydrogen-bond donors (Lipinski definition) is 0. The molecule has 0 aliphatic rings. The van der Waals surface area contributed by atoms with Crippen molar-refractivity contribution in [2.75, 3.05) is 4.90 Å². The number of unbranched alkanes of at least 4 members (excludes halogenated alkanes) is 3. The molecule has 1 atom stereocenters. The van der Waals surface area contributed by atoms with Crippen LogP contribution in [0, 0.1) is 0 Å². The molecule has 7 nitrogen and oxygen atoms in total. The van der Waals surface area contributed by atoms with Crippen molar-refractivity contribution in [2.24, 2.45) is 0 Å². The Hall–Kier alpha value is -4.68. The van der Waals surface area contributed by atoms with Crippen molar-refractivity contribution in [1.82, 2.24) is 29.5 Å². The summed E-state index contributed by atoms with van der Waals surface area (Å²) in [5.74, 6) is 1.10. The molecule has 1 aromatic carbocycles. The summed E-state index contributed by atoms with van der Waals surface area (Å²) in [6, 6.07) is 21.7. The predicted molar refractivity (Wildman–Crippen MR) is 167 cm³/mol. The Morgan fingerprint density at radius 1 is 0.574 bits per heavy atom. The van der Waals surface area contributed by atoms with Gasteiger partial charge < -0.3 is 4.90 Å². The molecule has 1 unspecified atom stereocenters. The number of hydrogen-bond acceptors (Lipinski definition) is 5. The Balaban J connectivity index is 1.73. The maximum Gasteiger partial charge on any atom is 0.435 e. The Morgan fingerprint density at radius 3 is 1.51 bits per heavy atom. The fraction of sp³-hybridized carbons (Fsp3) is 0.353. The topological polar surface area (TPSA) is 64.7 Å². The van der Waals surface area contributed by atoms with Gasteiger partial charge in [0.2, 0.25) is 0 Å². The molecule has 0 aliphatic heterocycles. The molecule has 0 fully saturated rings. The number of benzene rings is 1. The molecule has 4 aromatic heterocycles. The van der Waals surface area contributed by atoms with Crippen molar-refractivity contribution in [3.8, 4) is 11.6 Å². The number of alkyl halides is 6. The maximum atomic E-state index is 13.4. The largest absolute Gasteiger partial charge is 0.435 e. The Morgan fingerprint density at radius 2 is 1.06 bits per heavy atom. The highest BCUT2D eigenvalue weighted by Crippen LogP contribution is 2.45. The van der Waals surface area contributed by atoms with E-state index in [1.165, 1.54) is 12.4 Å². The van der Waals surface area contributed by atoms with E-state index in [0.717, 1.165) is 59.2 Å². The first-order chi connectivity index (χ1) is 22.5. The zero-order valence-corrected chi connectivity index (χ0v) is 26.0. The molecule has 0 spiro atoms. The molecule has 0 N–H and O–H groups in total. The second kappa shape index (κ2) is 14.0. The zero-order valence-electron chi connectivity index (χ0n) is 26.0. The lowest BCUT2D eigenvalue weighted by Gasteiger charge is -2.45. The van der Waals surface area contributed by atoms with E-state index in [1.807, 2.05) is 35.2 Å². The third kappa shape index (κ3) is 7.50. The monoisotopic (exact) mass is 655 g/mol. The summed E-state index contributed by atoms with van der Waals surface area (Å²) in [6.07, 6.45) is -0.979. The van der Waals surface area contributed by atoms with Gasteiger partial charge in [-0.05, 0) is 54.8 Å². The van der Waals surface area contributed by atoms with Gasteiger partial charge in [0.25, 0.3) is 0 Å². The number of rotatable bonds is 13. The van der Waals surface area contributed by atoms with Gasteiger partial charge in [0, 0.05) is 12.4 Å². The van der Waals surface area contributed by atoms with Crippen molar-refractivity contribution in [3.05, 3.63) is 108 Å². The number of aromatic nitrogens is 6. The van der Waals surface area contributed by atoms with Gasteiger partial charge >= 0.3 is 12.4 Å². The number of halogens is 6. The van der Waals surface area contributed by atoms with Crippen molar-refractivity contribution < 1.29 is 26.3 Å². The van der Waals surface area contributed by atoms with Crippen LogP contribution in [0.5, 0.6) is 0 Å². The zero-order chi connectivity index (χ0) is 33.7. The molecule has 0 aliphatic carbocycles. The van der Waals surface area contributed by atoms with E-state index < -0.39 is 29.3 Å². The highest BCUT2D eigenvalue weighted by Gasteiger charge is 2.41. The van der Waals surface area contributed by atoms with Crippen molar-refractivity contribution >= 4 is 11.6 Å². The minimum absolute atomic E-state index is 0.159. The van der Waals surface area contributed by atoms with E-state index in [2.05, 4.69) is 24.0 Å². The molecular weight excluding hydrogens is 620 g/mol. The molecule has 0 saturated carbocycles. The van der Waals surface area contributed by atoms with Crippen LogP contribution in [0.2, 0.25) is 0 Å². The molecule has 5 aromatic rings. The van der Waals surface area contributed by atoms with E-state index in [-0.39, 0.29) is 11.6 Å². The molecule has 0 amide bonds. The second-order valence-corrected chi connectivity index (χ2v) is 11.3. The van der Waals surface area contributed by atoms with E-state index in [0.29, 0.717) is 24.5 Å². The van der Waals surface area contributed by atoms with Gasteiger partial charge in [0.1, 0.15) is 11.6 Å². The van der Waals surface area contributed by atoms with E-state index >= 15 is 0 Å². The maximum absolute atomic E-state index is 13.4.